The highest BCUT2D eigenvalue weighted by molar-refractivity contribution is 7.09. The van der Waals surface area contributed by atoms with Gasteiger partial charge in [0.1, 0.15) is 6.26 Å². The van der Waals surface area contributed by atoms with Crippen molar-refractivity contribution in [3.8, 4) is 0 Å². The van der Waals surface area contributed by atoms with Crippen LogP contribution in [0.4, 0.5) is 0 Å². The highest BCUT2D eigenvalue weighted by Gasteiger charge is 2.16. The van der Waals surface area contributed by atoms with Crippen LogP contribution in [0, 0.1) is 0 Å². The number of rotatable bonds is 5. The molecule has 2 aromatic heterocycles. The summed E-state index contributed by atoms with van der Waals surface area (Å²) in [4.78, 5) is 15.0. The van der Waals surface area contributed by atoms with Gasteiger partial charge in [0.2, 0.25) is 0 Å². The zero-order chi connectivity index (χ0) is 12.1. The smallest absolute Gasteiger partial charge is 0.257 e. The summed E-state index contributed by atoms with van der Waals surface area (Å²) in [5, 5.41) is 2.00. The molecular formula is C13H13NO2S. The zero-order valence-electron chi connectivity index (χ0n) is 9.33. The highest BCUT2D eigenvalue weighted by atomic mass is 32.1. The zero-order valence-corrected chi connectivity index (χ0v) is 10.2. The van der Waals surface area contributed by atoms with Crippen molar-refractivity contribution in [1.82, 2.24) is 4.90 Å². The summed E-state index contributed by atoms with van der Waals surface area (Å²) in [5.74, 6) is -0.0351. The van der Waals surface area contributed by atoms with Crippen molar-refractivity contribution in [1.29, 1.82) is 0 Å². The minimum atomic E-state index is -0.0351. The van der Waals surface area contributed by atoms with Crippen LogP contribution in [0.25, 0.3) is 0 Å². The third-order valence-electron chi connectivity index (χ3n) is 2.33. The molecule has 1 amide bonds. The maximum atomic E-state index is 12.1. The van der Waals surface area contributed by atoms with Crippen LogP contribution < -0.4 is 0 Å². The molecule has 0 saturated carbocycles. The molecule has 0 atom stereocenters. The monoisotopic (exact) mass is 247 g/mol. The van der Waals surface area contributed by atoms with Gasteiger partial charge >= 0.3 is 0 Å². The number of furan rings is 1. The lowest BCUT2D eigenvalue weighted by Crippen LogP contribution is -2.30. The molecule has 0 aromatic carbocycles. The molecule has 0 bridgehead atoms. The van der Waals surface area contributed by atoms with Gasteiger partial charge in [-0.3, -0.25) is 4.79 Å². The van der Waals surface area contributed by atoms with E-state index in [0.717, 1.165) is 4.88 Å². The maximum absolute atomic E-state index is 12.1. The Morgan fingerprint density at radius 2 is 2.41 bits per heavy atom. The van der Waals surface area contributed by atoms with Crippen molar-refractivity contribution in [2.24, 2.45) is 0 Å². The van der Waals surface area contributed by atoms with Crippen LogP contribution in [0.3, 0.4) is 0 Å². The Labute approximate surface area is 104 Å². The SMILES string of the molecule is C=CCN(Cc1cccs1)C(=O)c1ccoc1. The van der Waals surface area contributed by atoms with Crippen molar-refractivity contribution < 1.29 is 9.21 Å². The molecule has 0 radical (unpaired) electrons. The molecule has 2 heterocycles. The van der Waals surface area contributed by atoms with Crippen molar-refractivity contribution >= 4 is 17.2 Å². The van der Waals surface area contributed by atoms with E-state index >= 15 is 0 Å². The molecule has 0 fully saturated rings. The fourth-order valence-corrected chi connectivity index (χ4v) is 2.25. The van der Waals surface area contributed by atoms with Gasteiger partial charge in [0.15, 0.2) is 0 Å². The third kappa shape index (κ3) is 2.85. The first kappa shape index (κ1) is 11.7. The van der Waals surface area contributed by atoms with E-state index in [2.05, 4.69) is 6.58 Å². The van der Waals surface area contributed by atoms with Crippen LogP contribution in [0.5, 0.6) is 0 Å². The minimum absolute atomic E-state index is 0.0351. The molecule has 0 aliphatic carbocycles. The first-order valence-electron chi connectivity index (χ1n) is 5.26. The van der Waals surface area contributed by atoms with Gasteiger partial charge < -0.3 is 9.32 Å². The molecule has 88 valence electrons. The van der Waals surface area contributed by atoms with Gasteiger partial charge in [0.25, 0.3) is 5.91 Å². The van der Waals surface area contributed by atoms with E-state index < -0.39 is 0 Å². The largest absolute Gasteiger partial charge is 0.472 e. The molecule has 17 heavy (non-hydrogen) atoms. The lowest BCUT2D eigenvalue weighted by molar-refractivity contribution is 0.0763. The van der Waals surface area contributed by atoms with E-state index in [0.29, 0.717) is 18.7 Å². The quantitative estimate of drug-likeness (QED) is 0.760. The third-order valence-corrected chi connectivity index (χ3v) is 3.19. The Morgan fingerprint density at radius 1 is 1.53 bits per heavy atom. The predicted octanol–water partition coefficient (Wildman–Crippen LogP) is 3.17. The molecule has 4 heteroatoms. The number of hydrogen-bond acceptors (Lipinski definition) is 3. The normalized spacial score (nSPS) is 10.1. The molecular weight excluding hydrogens is 234 g/mol. The maximum Gasteiger partial charge on any atom is 0.257 e. The summed E-state index contributed by atoms with van der Waals surface area (Å²) < 4.78 is 4.93. The molecule has 0 aliphatic heterocycles. The summed E-state index contributed by atoms with van der Waals surface area (Å²) in [6.07, 6.45) is 4.70. The summed E-state index contributed by atoms with van der Waals surface area (Å²) in [6, 6.07) is 5.67. The van der Waals surface area contributed by atoms with Gasteiger partial charge in [-0.25, -0.2) is 0 Å². The second-order valence-electron chi connectivity index (χ2n) is 3.57. The van der Waals surface area contributed by atoms with Gasteiger partial charge in [-0.05, 0) is 17.5 Å². The van der Waals surface area contributed by atoms with Crippen molar-refractivity contribution in [3.05, 3.63) is 59.2 Å². The van der Waals surface area contributed by atoms with Gasteiger partial charge in [-0.2, -0.15) is 0 Å². The van der Waals surface area contributed by atoms with Crippen molar-refractivity contribution in [2.75, 3.05) is 6.54 Å². The van der Waals surface area contributed by atoms with E-state index in [1.165, 1.54) is 12.5 Å². The lowest BCUT2D eigenvalue weighted by Gasteiger charge is -2.19. The van der Waals surface area contributed by atoms with Crippen LogP contribution in [-0.2, 0) is 6.54 Å². The Kier molecular flexibility index (Phi) is 3.77. The number of thiophene rings is 1. The van der Waals surface area contributed by atoms with Gasteiger partial charge in [0, 0.05) is 11.4 Å². The fourth-order valence-electron chi connectivity index (χ4n) is 1.53. The van der Waals surface area contributed by atoms with Crippen molar-refractivity contribution in [3.63, 3.8) is 0 Å². The molecule has 2 rings (SSSR count). The number of nitrogens with zero attached hydrogens (tertiary/aromatic N) is 1. The van der Waals surface area contributed by atoms with E-state index in [9.17, 15) is 4.79 Å². The van der Waals surface area contributed by atoms with E-state index in [4.69, 9.17) is 4.42 Å². The second kappa shape index (κ2) is 5.50. The van der Waals surface area contributed by atoms with E-state index in [1.807, 2.05) is 17.5 Å². The van der Waals surface area contributed by atoms with Gasteiger partial charge in [0.05, 0.1) is 18.4 Å². The van der Waals surface area contributed by atoms with Crippen LogP contribution in [0.1, 0.15) is 15.2 Å². The van der Waals surface area contributed by atoms with Crippen LogP contribution >= 0.6 is 11.3 Å². The molecule has 0 spiro atoms. The molecule has 0 saturated heterocycles. The van der Waals surface area contributed by atoms with Gasteiger partial charge in [-0.1, -0.05) is 12.1 Å². The van der Waals surface area contributed by atoms with E-state index in [1.54, 1.807) is 28.4 Å². The number of hydrogen-bond donors (Lipinski definition) is 0. The van der Waals surface area contributed by atoms with Crippen molar-refractivity contribution in [2.45, 2.75) is 6.54 Å². The fraction of sp³-hybridized carbons (Fsp3) is 0.154. The van der Waals surface area contributed by atoms with Gasteiger partial charge in [-0.15, -0.1) is 17.9 Å². The number of carbonyl (C=O) groups excluding carboxylic acids is 1. The molecule has 3 nitrogen and oxygen atoms in total. The van der Waals surface area contributed by atoms with E-state index in [-0.39, 0.29) is 5.91 Å². The topological polar surface area (TPSA) is 33.5 Å². The first-order chi connectivity index (χ1) is 8.31. The summed E-state index contributed by atoms with van der Waals surface area (Å²) in [6.45, 7) is 4.81. The number of amides is 1. The standard InChI is InChI=1S/C13H13NO2S/c1-2-6-14(9-12-4-3-8-17-12)13(15)11-5-7-16-10-11/h2-5,7-8,10H,1,6,9H2. The number of carbonyl (C=O) groups is 1. The molecule has 2 aromatic rings. The highest BCUT2D eigenvalue weighted by Crippen LogP contribution is 2.14. The first-order valence-corrected chi connectivity index (χ1v) is 6.14. The summed E-state index contributed by atoms with van der Waals surface area (Å²) in [7, 11) is 0. The average Bonchev–Trinajstić information content (AvgIpc) is 3.00. The summed E-state index contributed by atoms with van der Waals surface area (Å²) >= 11 is 1.64. The minimum Gasteiger partial charge on any atom is -0.472 e. The lowest BCUT2D eigenvalue weighted by atomic mass is 10.2. The predicted molar refractivity (Wildman–Crippen MR) is 68.0 cm³/mol. The average molecular weight is 247 g/mol. The summed E-state index contributed by atoms with van der Waals surface area (Å²) in [5.41, 5.74) is 0.573. The van der Waals surface area contributed by atoms with Crippen LogP contribution in [0.15, 0.2) is 53.2 Å². The Hall–Kier alpha value is -1.81. The molecule has 0 aliphatic rings. The Bertz CT molecular complexity index is 474. The van der Waals surface area contributed by atoms with Crippen LogP contribution in [0.2, 0.25) is 0 Å². The van der Waals surface area contributed by atoms with Crippen LogP contribution in [-0.4, -0.2) is 17.4 Å². The second-order valence-corrected chi connectivity index (χ2v) is 4.60. The molecule has 0 unspecified atom stereocenters. The Morgan fingerprint density at radius 3 is 3.00 bits per heavy atom. The Balaban J connectivity index is 2.11. The molecule has 0 N–H and O–H groups in total.